The van der Waals surface area contributed by atoms with Gasteiger partial charge in [-0.25, -0.2) is 24.6 Å². The van der Waals surface area contributed by atoms with Crippen LogP contribution in [-0.2, 0) is 13.0 Å². The topological polar surface area (TPSA) is 132 Å². The molecule has 3 aromatic heterocycles. The molecular formula is C21H18ClN9. The highest BCUT2D eigenvalue weighted by Crippen LogP contribution is 2.32. The molecule has 0 bridgehead atoms. The van der Waals surface area contributed by atoms with Crippen LogP contribution in [0.4, 0.5) is 5.82 Å². The monoisotopic (exact) mass is 431 g/mol. The maximum atomic E-state index is 9.31. The van der Waals surface area contributed by atoms with Gasteiger partial charge in [0.15, 0.2) is 5.82 Å². The number of rotatable bonds is 5. The largest absolute Gasteiger partial charge is 0.382 e. The molecule has 0 saturated heterocycles. The molecule has 0 amide bonds. The highest BCUT2D eigenvalue weighted by Gasteiger charge is 2.18. The molecule has 0 radical (unpaired) electrons. The lowest BCUT2D eigenvalue weighted by Gasteiger charge is -2.09. The second-order valence-electron chi connectivity index (χ2n) is 6.80. The minimum absolute atomic E-state index is 0.126. The minimum Gasteiger partial charge on any atom is -0.382 e. The maximum absolute atomic E-state index is 9.31. The molecule has 0 aliphatic rings. The summed E-state index contributed by atoms with van der Waals surface area (Å²) in [4.78, 5) is 17.6. The average molecular weight is 432 g/mol. The first-order chi connectivity index (χ1) is 15.0. The first-order valence-corrected chi connectivity index (χ1v) is 9.92. The van der Waals surface area contributed by atoms with Crippen molar-refractivity contribution in [2.45, 2.75) is 26.8 Å². The third-order valence-corrected chi connectivity index (χ3v) is 5.13. The van der Waals surface area contributed by atoms with E-state index in [-0.39, 0.29) is 10.8 Å². The van der Waals surface area contributed by atoms with Crippen LogP contribution >= 0.6 is 11.6 Å². The number of nitrogens with zero attached hydrogens (tertiary/aromatic N) is 8. The summed E-state index contributed by atoms with van der Waals surface area (Å²) in [6.07, 6.45) is 4.20. The molecule has 2 N–H and O–H groups in total. The second-order valence-corrected chi connectivity index (χ2v) is 7.18. The molecule has 0 unspecified atom stereocenters. The minimum atomic E-state index is 0.126. The Hall–Kier alpha value is -3.90. The molecule has 0 aliphatic heterocycles. The number of halogens is 1. The summed E-state index contributed by atoms with van der Waals surface area (Å²) in [6, 6.07) is 9.34. The number of nitrogen functional groups attached to an aromatic ring is 1. The van der Waals surface area contributed by atoms with Gasteiger partial charge in [0.25, 0.3) is 0 Å². The van der Waals surface area contributed by atoms with E-state index < -0.39 is 0 Å². The standard InChI is InChI=1S/C21H18ClN9/c1-3-17-25-8-7-14(26-17)10-31-11-16(29-30-31)19-18(22)20(24)28-21(27-19)15-6-4-5-13(9-23)12(15)2/h4-8,11H,3,10H2,1-2H3,(H2,24,27,28). The van der Waals surface area contributed by atoms with Gasteiger partial charge in [-0.15, -0.1) is 5.10 Å². The molecule has 1 aromatic carbocycles. The SMILES string of the molecule is CCc1nccc(Cn2cc(-c3nc(-c4cccc(C#N)c4C)nc(N)c3Cl)nn2)n1. The van der Waals surface area contributed by atoms with Crippen LogP contribution in [0.15, 0.2) is 36.7 Å². The van der Waals surface area contributed by atoms with Gasteiger partial charge < -0.3 is 5.73 Å². The van der Waals surface area contributed by atoms with Crippen LogP contribution in [0, 0.1) is 18.3 Å². The zero-order valence-electron chi connectivity index (χ0n) is 16.9. The third-order valence-electron chi connectivity index (χ3n) is 4.76. The van der Waals surface area contributed by atoms with Crippen LogP contribution < -0.4 is 5.73 Å². The fourth-order valence-electron chi connectivity index (χ4n) is 3.10. The molecule has 3 heterocycles. The highest BCUT2D eigenvalue weighted by atomic mass is 35.5. The number of benzene rings is 1. The van der Waals surface area contributed by atoms with Gasteiger partial charge >= 0.3 is 0 Å². The van der Waals surface area contributed by atoms with Crippen molar-refractivity contribution in [2.75, 3.05) is 5.73 Å². The molecule has 10 heteroatoms. The molecular weight excluding hydrogens is 414 g/mol. The number of anilines is 1. The van der Waals surface area contributed by atoms with E-state index in [0.717, 1.165) is 23.5 Å². The first kappa shape index (κ1) is 20.4. The van der Waals surface area contributed by atoms with Gasteiger partial charge in [-0.2, -0.15) is 5.26 Å². The Morgan fingerprint density at radius 1 is 1.19 bits per heavy atom. The molecule has 9 nitrogen and oxygen atoms in total. The summed E-state index contributed by atoms with van der Waals surface area (Å²) < 4.78 is 1.65. The van der Waals surface area contributed by atoms with E-state index in [1.165, 1.54) is 0 Å². The van der Waals surface area contributed by atoms with Crippen molar-refractivity contribution in [1.82, 2.24) is 34.9 Å². The van der Waals surface area contributed by atoms with Crippen molar-refractivity contribution in [3.05, 3.63) is 64.3 Å². The van der Waals surface area contributed by atoms with Crippen LogP contribution in [-0.4, -0.2) is 34.9 Å². The normalized spacial score (nSPS) is 10.8. The van der Waals surface area contributed by atoms with Crippen LogP contribution in [0.25, 0.3) is 22.8 Å². The zero-order chi connectivity index (χ0) is 22.0. The van der Waals surface area contributed by atoms with E-state index in [1.807, 2.05) is 26.0 Å². The van der Waals surface area contributed by atoms with Crippen molar-refractivity contribution in [1.29, 1.82) is 5.26 Å². The third kappa shape index (κ3) is 4.06. The van der Waals surface area contributed by atoms with Gasteiger partial charge in [0.05, 0.1) is 30.1 Å². The highest BCUT2D eigenvalue weighted by molar-refractivity contribution is 6.35. The van der Waals surface area contributed by atoms with Gasteiger partial charge in [-0.05, 0) is 24.6 Å². The number of nitriles is 1. The Balaban J connectivity index is 1.72. The summed E-state index contributed by atoms with van der Waals surface area (Å²) in [5, 5.41) is 17.9. The smallest absolute Gasteiger partial charge is 0.162 e. The van der Waals surface area contributed by atoms with Gasteiger partial charge in [-0.1, -0.05) is 35.9 Å². The molecule has 0 saturated carbocycles. The van der Waals surface area contributed by atoms with E-state index in [4.69, 9.17) is 17.3 Å². The quantitative estimate of drug-likeness (QED) is 0.509. The molecule has 0 aliphatic carbocycles. The Labute approximate surface area is 183 Å². The predicted octanol–water partition coefficient (Wildman–Crippen LogP) is 3.22. The van der Waals surface area contributed by atoms with Crippen molar-refractivity contribution in [2.24, 2.45) is 0 Å². The Kier molecular flexibility index (Phi) is 5.56. The fourth-order valence-corrected chi connectivity index (χ4v) is 3.28. The first-order valence-electron chi connectivity index (χ1n) is 9.54. The Morgan fingerprint density at radius 3 is 2.81 bits per heavy atom. The summed E-state index contributed by atoms with van der Waals surface area (Å²) >= 11 is 6.39. The lowest BCUT2D eigenvalue weighted by molar-refractivity contribution is 0.634. The zero-order valence-corrected chi connectivity index (χ0v) is 17.7. The molecule has 4 rings (SSSR count). The maximum Gasteiger partial charge on any atom is 0.162 e. The summed E-state index contributed by atoms with van der Waals surface area (Å²) in [5.41, 5.74) is 9.71. The number of nitrogens with two attached hydrogens (primary N) is 1. The molecule has 4 aromatic rings. The van der Waals surface area contributed by atoms with Crippen molar-refractivity contribution < 1.29 is 0 Å². The van der Waals surface area contributed by atoms with E-state index >= 15 is 0 Å². The van der Waals surface area contributed by atoms with Crippen molar-refractivity contribution in [3.63, 3.8) is 0 Å². The molecule has 0 fully saturated rings. The van der Waals surface area contributed by atoms with E-state index in [1.54, 1.807) is 29.2 Å². The van der Waals surface area contributed by atoms with Gasteiger partial charge in [0, 0.05) is 18.2 Å². The predicted molar refractivity (Wildman–Crippen MR) is 116 cm³/mol. The lowest BCUT2D eigenvalue weighted by Crippen LogP contribution is -2.05. The van der Waals surface area contributed by atoms with Gasteiger partial charge in [0.2, 0.25) is 0 Å². The van der Waals surface area contributed by atoms with E-state index in [2.05, 4.69) is 36.3 Å². The molecule has 154 valence electrons. The second kappa shape index (κ2) is 8.45. The van der Waals surface area contributed by atoms with Crippen LogP contribution in [0.2, 0.25) is 5.02 Å². The summed E-state index contributed by atoms with van der Waals surface area (Å²) in [7, 11) is 0. The number of hydrogen-bond donors (Lipinski definition) is 1. The number of aromatic nitrogens is 7. The van der Waals surface area contributed by atoms with Crippen LogP contribution in [0.3, 0.4) is 0 Å². The van der Waals surface area contributed by atoms with Crippen molar-refractivity contribution in [3.8, 4) is 28.8 Å². The molecule has 0 spiro atoms. The average Bonchev–Trinajstić information content (AvgIpc) is 3.24. The van der Waals surface area contributed by atoms with Crippen molar-refractivity contribution >= 4 is 17.4 Å². The summed E-state index contributed by atoms with van der Waals surface area (Å²) in [5.74, 6) is 1.26. The summed E-state index contributed by atoms with van der Waals surface area (Å²) in [6.45, 7) is 4.26. The van der Waals surface area contributed by atoms with Gasteiger partial charge in [-0.3, -0.25) is 0 Å². The van der Waals surface area contributed by atoms with E-state index in [9.17, 15) is 5.26 Å². The number of aryl methyl sites for hydroxylation is 1. The van der Waals surface area contributed by atoms with Crippen LogP contribution in [0.5, 0.6) is 0 Å². The molecule has 31 heavy (non-hydrogen) atoms. The molecule has 0 atom stereocenters. The van der Waals surface area contributed by atoms with Gasteiger partial charge in [0.1, 0.15) is 28.1 Å². The lowest BCUT2D eigenvalue weighted by atomic mass is 10.0. The van der Waals surface area contributed by atoms with Crippen LogP contribution in [0.1, 0.15) is 29.6 Å². The van der Waals surface area contributed by atoms with E-state index in [0.29, 0.717) is 34.9 Å². The Morgan fingerprint density at radius 2 is 2.03 bits per heavy atom. The number of hydrogen-bond acceptors (Lipinski definition) is 8. The fraction of sp³-hybridized carbons (Fsp3) is 0.190. The Bertz CT molecular complexity index is 1310.